The fourth-order valence-corrected chi connectivity index (χ4v) is 5.19. The van der Waals surface area contributed by atoms with Crippen LogP contribution in [-0.4, -0.2) is 64.1 Å². The van der Waals surface area contributed by atoms with Crippen LogP contribution in [0.1, 0.15) is 44.6 Å². The second-order valence-corrected chi connectivity index (χ2v) is 9.80. The smallest absolute Gasteiger partial charge is 0.240 e. The molecule has 2 aliphatic rings. The van der Waals surface area contributed by atoms with Crippen molar-refractivity contribution >= 4 is 40.0 Å². The van der Waals surface area contributed by atoms with Crippen LogP contribution in [0, 0.1) is 6.92 Å². The summed E-state index contributed by atoms with van der Waals surface area (Å²) in [5, 5.41) is 6.80. The molecule has 1 atom stereocenters. The number of nitrogens with one attached hydrogen (secondary N) is 3. The van der Waals surface area contributed by atoms with Crippen LogP contribution in [0.5, 0.6) is 0 Å². The third-order valence-corrected chi connectivity index (χ3v) is 7.23. The van der Waals surface area contributed by atoms with E-state index in [4.69, 9.17) is 0 Å². The van der Waals surface area contributed by atoms with Gasteiger partial charge in [-0.1, -0.05) is 30.5 Å². The quantitative estimate of drug-likeness (QED) is 0.201. The lowest BCUT2D eigenvalue weighted by atomic mass is 10.2. The molecule has 1 aromatic rings. The van der Waals surface area contributed by atoms with Gasteiger partial charge in [0.25, 0.3) is 0 Å². The number of hydrogen-bond donors (Lipinski definition) is 3. The summed E-state index contributed by atoms with van der Waals surface area (Å²) in [5.41, 5.74) is 1.04. The van der Waals surface area contributed by atoms with E-state index in [9.17, 15) is 8.42 Å². The predicted octanol–water partition coefficient (Wildman–Crippen LogP) is 2.46. The van der Waals surface area contributed by atoms with Gasteiger partial charge >= 0.3 is 0 Å². The average molecular weight is 550 g/mol. The molecule has 2 fully saturated rings. The number of aliphatic imine (C=N–C) groups is 1. The summed E-state index contributed by atoms with van der Waals surface area (Å²) in [5.74, 6) is 0.764. The Hall–Kier alpha value is -0.910. The third kappa shape index (κ3) is 7.35. The first-order valence-electron chi connectivity index (χ1n) is 10.8. The third-order valence-electron chi connectivity index (χ3n) is 5.75. The monoisotopic (exact) mass is 549 g/mol. The van der Waals surface area contributed by atoms with Gasteiger partial charge in [-0.3, -0.25) is 9.89 Å². The van der Waals surface area contributed by atoms with Crippen molar-refractivity contribution in [2.75, 3.05) is 32.7 Å². The molecule has 3 N–H and O–H groups in total. The Morgan fingerprint density at radius 1 is 1.17 bits per heavy atom. The van der Waals surface area contributed by atoms with Gasteiger partial charge in [0.05, 0.1) is 11.4 Å². The highest BCUT2D eigenvalue weighted by Gasteiger charge is 2.30. The van der Waals surface area contributed by atoms with Crippen LogP contribution >= 0.6 is 24.0 Å². The Bertz CT molecular complexity index is 779. The minimum absolute atomic E-state index is 0. The van der Waals surface area contributed by atoms with E-state index in [0.717, 1.165) is 43.6 Å². The molecule has 0 radical (unpaired) electrons. The number of hydrogen-bond acceptors (Lipinski definition) is 4. The minimum Gasteiger partial charge on any atom is -0.357 e. The van der Waals surface area contributed by atoms with Gasteiger partial charge in [0, 0.05) is 38.3 Å². The normalized spacial score (nSPS) is 20.9. The Morgan fingerprint density at radius 2 is 1.87 bits per heavy atom. The highest BCUT2D eigenvalue weighted by molar-refractivity contribution is 14.0. The van der Waals surface area contributed by atoms with E-state index >= 15 is 0 Å². The van der Waals surface area contributed by atoms with Crippen LogP contribution in [0.25, 0.3) is 0 Å². The molecule has 1 saturated carbocycles. The van der Waals surface area contributed by atoms with Gasteiger partial charge in [-0.25, -0.2) is 13.1 Å². The van der Waals surface area contributed by atoms with E-state index in [1.165, 1.54) is 25.7 Å². The van der Waals surface area contributed by atoms with Crippen molar-refractivity contribution in [3.05, 3.63) is 29.8 Å². The molecule has 1 heterocycles. The molecule has 9 heteroatoms. The fourth-order valence-electron chi connectivity index (χ4n) is 4.17. The highest BCUT2D eigenvalue weighted by atomic mass is 127. The van der Waals surface area contributed by atoms with Crippen LogP contribution < -0.4 is 15.4 Å². The first-order valence-corrected chi connectivity index (χ1v) is 12.3. The Labute approximate surface area is 198 Å². The van der Waals surface area contributed by atoms with E-state index < -0.39 is 10.0 Å². The summed E-state index contributed by atoms with van der Waals surface area (Å²) in [6.07, 6.45) is 6.52. The maximum absolute atomic E-state index is 12.4. The summed E-state index contributed by atoms with van der Waals surface area (Å²) in [6, 6.07) is 8.02. The first kappa shape index (κ1) is 25.4. The van der Waals surface area contributed by atoms with E-state index in [2.05, 4.69) is 25.2 Å². The number of halogens is 1. The Kier molecular flexibility index (Phi) is 10.3. The van der Waals surface area contributed by atoms with Gasteiger partial charge in [-0.2, -0.15) is 0 Å². The molecule has 0 amide bonds. The average Bonchev–Trinajstić information content (AvgIpc) is 3.37. The summed E-state index contributed by atoms with van der Waals surface area (Å²) >= 11 is 0. The molecule has 1 aliphatic carbocycles. The van der Waals surface area contributed by atoms with E-state index in [-0.39, 0.29) is 35.4 Å². The molecule has 1 saturated heterocycles. The molecule has 0 bridgehead atoms. The minimum atomic E-state index is -3.49. The lowest BCUT2D eigenvalue weighted by Gasteiger charge is -2.24. The van der Waals surface area contributed by atoms with Crippen LogP contribution in [0.4, 0.5) is 0 Å². The topological polar surface area (TPSA) is 85.8 Å². The molecule has 1 aliphatic heterocycles. The van der Waals surface area contributed by atoms with Crippen molar-refractivity contribution in [2.24, 2.45) is 4.99 Å². The van der Waals surface area contributed by atoms with Crippen molar-refractivity contribution in [1.82, 2.24) is 20.3 Å². The summed E-state index contributed by atoms with van der Waals surface area (Å²) in [6.45, 7) is 7.63. The van der Waals surface area contributed by atoms with Crippen LogP contribution in [0.2, 0.25) is 0 Å². The molecule has 0 spiro atoms. The molecule has 7 nitrogen and oxygen atoms in total. The zero-order chi connectivity index (χ0) is 20.7. The van der Waals surface area contributed by atoms with Gasteiger partial charge in [0.15, 0.2) is 5.96 Å². The van der Waals surface area contributed by atoms with Gasteiger partial charge in [0.2, 0.25) is 10.0 Å². The molecule has 0 aromatic heterocycles. The van der Waals surface area contributed by atoms with Crippen molar-refractivity contribution in [3.8, 4) is 0 Å². The second kappa shape index (κ2) is 12.2. The van der Waals surface area contributed by atoms with Crippen molar-refractivity contribution in [1.29, 1.82) is 0 Å². The van der Waals surface area contributed by atoms with Crippen molar-refractivity contribution < 1.29 is 8.42 Å². The van der Waals surface area contributed by atoms with Gasteiger partial charge in [-0.05, 0) is 45.2 Å². The van der Waals surface area contributed by atoms with Crippen molar-refractivity contribution in [3.63, 3.8) is 0 Å². The van der Waals surface area contributed by atoms with Crippen LogP contribution in [0.15, 0.2) is 34.2 Å². The van der Waals surface area contributed by atoms with Crippen LogP contribution in [0.3, 0.4) is 0 Å². The molecule has 1 aromatic carbocycles. The number of sulfonamides is 1. The summed E-state index contributed by atoms with van der Waals surface area (Å²) in [4.78, 5) is 7.46. The Balaban J connectivity index is 0.00000320. The number of likely N-dealkylation sites (tertiary alicyclic amines) is 1. The highest BCUT2D eigenvalue weighted by Crippen LogP contribution is 2.26. The van der Waals surface area contributed by atoms with E-state index in [1.54, 1.807) is 24.3 Å². The lowest BCUT2D eigenvalue weighted by molar-refractivity contribution is 0.242. The van der Waals surface area contributed by atoms with E-state index in [1.807, 2.05) is 13.8 Å². The Morgan fingerprint density at radius 3 is 2.53 bits per heavy atom. The van der Waals surface area contributed by atoms with Crippen LogP contribution in [-0.2, 0) is 10.0 Å². The molecule has 3 rings (SSSR count). The number of rotatable bonds is 8. The summed E-state index contributed by atoms with van der Waals surface area (Å²) in [7, 11) is -3.49. The molecular formula is C21H36IN5O2S. The van der Waals surface area contributed by atoms with Gasteiger partial charge in [-0.15, -0.1) is 24.0 Å². The molecule has 1 unspecified atom stereocenters. The molecule has 30 heavy (non-hydrogen) atoms. The maximum atomic E-state index is 12.4. The maximum Gasteiger partial charge on any atom is 0.240 e. The lowest BCUT2D eigenvalue weighted by Crippen LogP contribution is -2.45. The zero-order valence-electron chi connectivity index (χ0n) is 18.1. The first-order chi connectivity index (χ1) is 14.0. The number of nitrogens with zero attached hydrogens (tertiary/aromatic N) is 2. The van der Waals surface area contributed by atoms with Crippen molar-refractivity contribution in [2.45, 2.75) is 62.9 Å². The largest absolute Gasteiger partial charge is 0.357 e. The fraction of sp³-hybridized carbons (Fsp3) is 0.667. The number of guanidine groups is 1. The second-order valence-electron chi connectivity index (χ2n) is 8.03. The number of benzene rings is 1. The standard InChI is InChI=1S/C21H35N5O2S.HI/c1-3-22-21(25-18-12-15-26(16-18)19-6-4-5-7-19)23-13-14-24-29(27,28)20-10-8-17(2)9-11-20;/h8-11,18-19,24H,3-7,12-16H2,1-2H3,(H2,22,23,25);1H. The molecular weight excluding hydrogens is 513 g/mol. The SMILES string of the molecule is CCNC(=NCCNS(=O)(=O)c1ccc(C)cc1)NC1CCN(C2CCCC2)C1.I. The number of aryl methyl sites for hydroxylation is 1. The predicted molar refractivity (Wildman–Crippen MR) is 133 cm³/mol. The van der Waals surface area contributed by atoms with Gasteiger partial charge in [0.1, 0.15) is 0 Å². The zero-order valence-corrected chi connectivity index (χ0v) is 21.2. The van der Waals surface area contributed by atoms with Gasteiger partial charge < -0.3 is 10.6 Å². The molecule has 170 valence electrons. The van der Waals surface area contributed by atoms with E-state index in [0.29, 0.717) is 12.6 Å². The summed E-state index contributed by atoms with van der Waals surface area (Å²) < 4.78 is 27.3.